The summed E-state index contributed by atoms with van der Waals surface area (Å²) in [6, 6.07) is 11.5. The Balaban J connectivity index is 1.68. The van der Waals surface area contributed by atoms with Crippen molar-refractivity contribution in [2.45, 2.75) is 30.3 Å². The van der Waals surface area contributed by atoms with Gasteiger partial charge in [-0.05, 0) is 55.3 Å². The van der Waals surface area contributed by atoms with Crippen molar-refractivity contribution in [3.8, 4) is 18.1 Å². The minimum absolute atomic E-state index is 0.0690. The van der Waals surface area contributed by atoms with Crippen molar-refractivity contribution in [3.63, 3.8) is 0 Å². The first kappa shape index (κ1) is 21.3. The van der Waals surface area contributed by atoms with Gasteiger partial charge in [0.05, 0.1) is 28.8 Å². The van der Waals surface area contributed by atoms with E-state index in [9.17, 15) is 13.2 Å². The Morgan fingerprint density at radius 2 is 2.00 bits per heavy atom. The fourth-order valence-electron chi connectivity index (χ4n) is 3.23. The van der Waals surface area contributed by atoms with E-state index in [1.807, 2.05) is 18.2 Å². The van der Waals surface area contributed by atoms with Gasteiger partial charge in [0.2, 0.25) is 10.0 Å². The lowest BCUT2D eigenvalue weighted by atomic mass is 10.2. The number of fused-ring (bicyclic) bond motifs is 1. The first-order valence-corrected chi connectivity index (χ1v) is 11.9. The highest BCUT2D eigenvalue weighted by Crippen LogP contribution is 2.30. The zero-order valence-corrected chi connectivity index (χ0v) is 18.7. The van der Waals surface area contributed by atoms with E-state index in [0.29, 0.717) is 16.1 Å². The Morgan fingerprint density at radius 3 is 2.61 bits per heavy atom. The molecule has 1 aliphatic rings. The Kier molecular flexibility index (Phi) is 5.71. The first-order valence-electron chi connectivity index (χ1n) is 9.63. The van der Waals surface area contributed by atoms with E-state index < -0.39 is 15.9 Å². The zero-order valence-electron chi connectivity index (χ0n) is 17.1. The first-order chi connectivity index (χ1) is 14.8. The molecule has 0 radical (unpaired) electrons. The van der Waals surface area contributed by atoms with Gasteiger partial charge in [0.15, 0.2) is 4.80 Å². The van der Waals surface area contributed by atoms with Gasteiger partial charge in [0.25, 0.3) is 5.91 Å². The standard InChI is InChI=1S/C22H21N3O4S2/c1-4-13-25-19-12-9-17(29-3)14-20(19)30-22(25)23-21(26)15-5-10-18(11-6-15)31(27,28)24(2)16-7-8-16/h1,5-6,9-12,14,16H,7-8,13H2,2-3H3. The molecule has 1 heterocycles. The Bertz CT molecular complexity index is 1360. The quantitative estimate of drug-likeness (QED) is 0.536. The van der Waals surface area contributed by atoms with Gasteiger partial charge in [-0.25, -0.2) is 8.42 Å². The Labute approximate surface area is 184 Å². The van der Waals surface area contributed by atoms with Crippen molar-refractivity contribution < 1.29 is 17.9 Å². The highest BCUT2D eigenvalue weighted by molar-refractivity contribution is 7.89. The number of methoxy groups -OCH3 is 1. The summed E-state index contributed by atoms with van der Waals surface area (Å²) < 4.78 is 34.6. The molecule has 1 amide bonds. The van der Waals surface area contributed by atoms with Crippen LogP contribution in [0.1, 0.15) is 23.2 Å². The minimum Gasteiger partial charge on any atom is -0.497 e. The number of hydrogen-bond acceptors (Lipinski definition) is 5. The van der Waals surface area contributed by atoms with Gasteiger partial charge in [-0.2, -0.15) is 9.30 Å². The van der Waals surface area contributed by atoms with Crippen LogP contribution in [0.15, 0.2) is 52.4 Å². The lowest BCUT2D eigenvalue weighted by Gasteiger charge is -2.16. The van der Waals surface area contributed by atoms with Crippen LogP contribution < -0.4 is 9.54 Å². The molecule has 7 nitrogen and oxygen atoms in total. The van der Waals surface area contributed by atoms with Crippen LogP contribution in [-0.4, -0.2) is 43.4 Å². The number of sulfonamides is 1. The van der Waals surface area contributed by atoms with E-state index >= 15 is 0 Å². The molecular weight excluding hydrogens is 434 g/mol. The lowest BCUT2D eigenvalue weighted by Crippen LogP contribution is -2.28. The van der Waals surface area contributed by atoms with E-state index in [-0.39, 0.29) is 17.5 Å². The number of carbonyl (C=O) groups is 1. The summed E-state index contributed by atoms with van der Waals surface area (Å²) in [4.78, 5) is 17.7. The van der Waals surface area contributed by atoms with Crippen LogP contribution in [0.3, 0.4) is 0 Å². The molecule has 1 aliphatic carbocycles. The third-order valence-electron chi connectivity index (χ3n) is 5.18. The molecule has 1 aromatic heterocycles. The molecule has 3 aromatic rings. The molecule has 0 unspecified atom stereocenters. The second kappa shape index (κ2) is 8.30. The summed E-state index contributed by atoms with van der Waals surface area (Å²) in [6.45, 7) is 0.267. The predicted octanol–water partition coefficient (Wildman–Crippen LogP) is 2.87. The van der Waals surface area contributed by atoms with E-state index in [1.165, 1.54) is 39.9 Å². The fourth-order valence-corrected chi connectivity index (χ4v) is 5.70. The normalized spacial score (nSPS) is 14.7. The smallest absolute Gasteiger partial charge is 0.279 e. The SMILES string of the molecule is C#CCn1c(=NC(=O)c2ccc(S(=O)(=O)N(C)C3CC3)cc2)sc2cc(OC)ccc21. The molecule has 0 spiro atoms. The van der Waals surface area contributed by atoms with Gasteiger partial charge in [0.1, 0.15) is 5.75 Å². The summed E-state index contributed by atoms with van der Waals surface area (Å²) in [5.74, 6) is 2.82. The Morgan fingerprint density at radius 1 is 1.29 bits per heavy atom. The molecule has 0 aliphatic heterocycles. The number of thiazole rings is 1. The summed E-state index contributed by atoms with van der Waals surface area (Å²) in [5.41, 5.74) is 1.16. The summed E-state index contributed by atoms with van der Waals surface area (Å²) in [6.07, 6.45) is 7.26. The largest absolute Gasteiger partial charge is 0.497 e. The number of benzene rings is 2. The lowest BCUT2D eigenvalue weighted by molar-refractivity contribution is 0.0998. The average molecular weight is 456 g/mol. The van der Waals surface area contributed by atoms with Gasteiger partial charge >= 0.3 is 0 Å². The third kappa shape index (κ3) is 4.14. The molecule has 9 heteroatoms. The van der Waals surface area contributed by atoms with Crippen molar-refractivity contribution in [3.05, 3.63) is 52.8 Å². The monoisotopic (exact) mass is 455 g/mol. The second-order valence-electron chi connectivity index (χ2n) is 7.20. The van der Waals surface area contributed by atoms with Crippen LogP contribution in [0.5, 0.6) is 5.75 Å². The van der Waals surface area contributed by atoms with Crippen LogP contribution in [0.2, 0.25) is 0 Å². The van der Waals surface area contributed by atoms with Gasteiger partial charge in [-0.1, -0.05) is 17.3 Å². The molecule has 1 fully saturated rings. The van der Waals surface area contributed by atoms with E-state index in [2.05, 4.69) is 10.9 Å². The summed E-state index contributed by atoms with van der Waals surface area (Å²) >= 11 is 1.34. The molecule has 1 saturated carbocycles. The van der Waals surface area contributed by atoms with Crippen LogP contribution in [0, 0.1) is 12.3 Å². The summed E-state index contributed by atoms with van der Waals surface area (Å²) in [5, 5.41) is 0. The van der Waals surface area contributed by atoms with Crippen molar-refractivity contribution in [2.75, 3.05) is 14.2 Å². The molecule has 31 heavy (non-hydrogen) atoms. The molecule has 0 N–H and O–H groups in total. The molecule has 0 saturated heterocycles. The number of hydrogen-bond donors (Lipinski definition) is 0. The Hall–Kier alpha value is -2.93. The number of amides is 1. The van der Waals surface area contributed by atoms with Gasteiger partial charge in [-0.3, -0.25) is 4.79 Å². The van der Waals surface area contributed by atoms with E-state index in [1.54, 1.807) is 18.7 Å². The van der Waals surface area contributed by atoms with Gasteiger partial charge in [-0.15, -0.1) is 6.42 Å². The third-order valence-corrected chi connectivity index (χ3v) is 8.14. The van der Waals surface area contributed by atoms with Crippen molar-refractivity contribution in [2.24, 2.45) is 4.99 Å². The number of ether oxygens (including phenoxy) is 1. The topological polar surface area (TPSA) is 81.0 Å². The number of carbonyl (C=O) groups excluding carboxylic acids is 1. The molecule has 160 valence electrons. The average Bonchev–Trinajstić information content (AvgIpc) is 3.57. The molecular formula is C22H21N3O4S2. The maximum absolute atomic E-state index is 12.8. The minimum atomic E-state index is -3.56. The van der Waals surface area contributed by atoms with Crippen LogP contribution in [-0.2, 0) is 16.6 Å². The number of rotatable bonds is 6. The number of nitrogens with zero attached hydrogens (tertiary/aromatic N) is 3. The zero-order chi connectivity index (χ0) is 22.2. The number of aromatic nitrogens is 1. The van der Waals surface area contributed by atoms with Crippen LogP contribution in [0.25, 0.3) is 10.2 Å². The van der Waals surface area contributed by atoms with Gasteiger partial charge in [0, 0.05) is 18.7 Å². The maximum Gasteiger partial charge on any atom is 0.279 e. The van der Waals surface area contributed by atoms with Crippen molar-refractivity contribution in [1.29, 1.82) is 0 Å². The highest BCUT2D eigenvalue weighted by atomic mass is 32.2. The number of terminal acetylenes is 1. The van der Waals surface area contributed by atoms with Crippen LogP contribution in [0.4, 0.5) is 0 Å². The molecule has 2 aromatic carbocycles. The molecule has 0 atom stereocenters. The maximum atomic E-state index is 12.8. The van der Waals surface area contributed by atoms with E-state index in [4.69, 9.17) is 11.2 Å². The predicted molar refractivity (Wildman–Crippen MR) is 120 cm³/mol. The second-order valence-corrected chi connectivity index (χ2v) is 10.2. The highest BCUT2D eigenvalue weighted by Gasteiger charge is 2.35. The molecule has 4 rings (SSSR count). The van der Waals surface area contributed by atoms with Gasteiger partial charge < -0.3 is 9.30 Å². The fraction of sp³-hybridized carbons (Fsp3) is 0.273. The van der Waals surface area contributed by atoms with Crippen molar-refractivity contribution in [1.82, 2.24) is 8.87 Å². The van der Waals surface area contributed by atoms with E-state index in [0.717, 1.165) is 23.1 Å². The van der Waals surface area contributed by atoms with Crippen molar-refractivity contribution >= 4 is 37.5 Å². The van der Waals surface area contributed by atoms with Crippen LogP contribution >= 0.6 is 11.3 Å². The molecule has 0 bridgehead atoms. The summed E-state index contributed by atoms with van der Waals surface area (Å²) in [7, 11) is -0.386.